The highest BCUT2D eigenvalue weighted by Crippen LogP contribution is 2.25. The fraction of sp³-hybridized carbons (Fsp3) is 0.273. The van der Waals surface area contributed by atoms with Gasteiger partial charge in [0.05, 0.1) is 0 Å². The standard InChI is InChI=1S/C22H27N3O3/c1-4-13-28-20-8-6-5-7-18(20)15-25(12-11-21(26)24-22(23)27)19-10-9-16(2)17(3)14-19/h4-10,14H,1,11-13,15H2,2-3H3,(H3,23,24,26,27). The minimum atomic E-state index is -0.842. The van der Waals surface area contributed by atoms with Crippen LogP contribution in [0.25, 0.3) is 0 Å². The summed E-state index contributed by atoms with van der Waals surface area (Å²) < 4.78 is 5.76. The molecular formula is C22H27N3O3. The number of nitrogens with two attached hydrogens (primary N) is 1. The van der Waals surface area contributed by atoms with Gasteiger partial charge in [-0.25, -0.2) is 4.79 Å². The average Bonchev–Trinajstić information content (AvgIpc) is 2.66. The number of anilines is 1. The van der Waals surface area contributed by atoms with E-state index in [0.717, 1.165) is 17.0 Å². The van der Waals surface area contributed by atoms with E-state index >= 15 is 0 Å². The molecule has 6 nitrogen and oxygen atoms in total. The molecule has 0 saturated carbocycles. The Morgan fingerprint density at radius 1 is 1.18 bits per heavy atom. The van der Waals surface area contributed by atoms with Crippen molar-refractivity contribution in [3.8, 4) is 5.75 Å². The maximum atomic E-state index is 11.9. The van der Waals surface area contributed by atoms with Crippen LogP contribution in [0.15, 0.2) is 55.1 Å². The fourth-order valence-electron chi connectivity index (χ4n) is 2.79. The van der Waals surface area contributed by atoms with Gasteiger partial charge in [0.25, 0.3) is 0 Å². The molecule has 0 spiro atoms. The molecule has 0 radical (unpaired) electrons. The molecule has 28 heavy (non-hydrogen) atoms. The lowest BCUT2D eigenvalue weighted by Crippen LogP contribution is -2.37. The number of para-hydroxylation sites is 1. The van der Waals surface area contributed by atoms with Gasteiger partial charge >= 0.3 is 6.03 Å². The minimum Gasteiger partial charge on any atom is -0.489 e. The third kappa shape index (κ3) is 6.16. The Balaban J connectivity index is 2.25. The van der Waals surface area contributed by atoms with Gasteiger partial charge in [-0.2, -0.15) is 0 Å². The highest BCUT2D eigenvalue weighted by molar-refractivity contribution is 5.93. The summed E-state index contributed by atoms with van der Waals surface area (Å²) in [4.78, 5) is 24.9. The van der Waals surface area contributed by atoms with E-state index in [9.17, 15) is 9.59 Å². The van der Waals surface area contributed by atoms with Crippen LogP contribution in [0.2, 0.25) is 0 Å². The molecule has 2 rings (SSSR count). The Kier molecular flexibility index (Phi) is 7.63. The lowest BCUT2D eigenvalue weighted by atomic mass is 10.1. The fourth-order valence-corrected chi connectivity index (χ4v) is 2.79. The van der Waals surface area contributed by atoms with Crippen molar-refractivity contribution in [2.45, 2.75) is 26.8 Å². The summed E-state index contributed by atoms with van der Waals surface area (Å²) in [5.41, 5.74) is 9.39. The molecule has 0 atom stereocenters. The number of primary amides is 1. The molecule has 6 heteroatoms. The van der Waals surface area contributed by atoms with Crippen LogP contribution >= 0.6 is 0 Å². The van der Waals surface area contributed by atoms with Crippen LogP contribution < -0.4 is 20.7 Å². The van der Waals surface area contributed by atoms with E-state index in [1.807, 2.05) is 30.3 Å². The van der Waals surface area contributed by atoms with Gasteiger partial charge in [-0.15, -0.1) is 0 Å². The molecule has 2 aromatic rings. The first-order chi connectivity index (χ1) is 13.4. The molecule has 148 valence electrons. The molecule has 0 aliphatic carbocycles. The number of benzene rings is 2. The van der Waals surface area contributed by atoms with Crippen LogP contribution in [-0.4, -0.2) is 25.1 Å². The molecule has 0 aliphatic rings. The third-order valence-corrected chi connectivity index (χ3v) is 4.42. The van der Waals surface area contributed by atoms with Crippen LogP contribution in [0, 0.1) is 13.8 Å². The monoisotopic (exact) mass is 381 g/mol. The quantitative estimate of drug-likeness (QED) is 0.652. The molecule has 0 unspecified atom stereocenters. The maximum absolute atomic E-state index is 11.9. The van der Waals surface area contributed by atoms with E-state index in [-0.39, 0.29) is 6.42 Å². The van der Waals surface area contributed by atoms with Gasteiger partial charge in [-0.1, -0.05) is 36.9 Å². The number of ether oxygens (including phenoxy) is 1. The molecular weight excluding hydrogens is 354 g/mol. The van der Waals surface area contributed by atoms with Gasteiger partial charge in [0.15, 0.2) is 0 Å². The number of amides is 3. The zero-order valence-electron chi connectivity index (χ0n) is 16.4. The van der Waals surface area contributed by atoms with Gasteiger partial charge in [0, 0.05) is 30.8 Å². The second-order valence-corrected chi connectivity index (χ2v) is 6.56. The summed E-state index contributed by atoms with van der Waals surface area (Å²) in [7, 11) is 0. The van der Waals surface area contributed by atoms with Crippen molar-refractivity contribution in [2.24, 2.45) is 5.73 Å². The van der Waals surface area contributed by atoms with E-state index in [0.29, 0.717) is 19.7 Å². The number of hydrogen-bond acceptors (Lipinski definition) is 4. The Hall–Kier alpha value is -3.28. The second kappa shape index (κ2) is 10.2. The van der Waals surface area contributed by atoms with Crippen LogP contribution in [0.4, 0.5) is 10.5 Å². The molecule has 0 aromatic heterocycles. The number of carbonyl (C=O) groups is 2. The summed E-state index contributed by atoms with van der Waals surface area (Å²) in [6.07, 6.45) is 1.84. The Morgan fingerprint density at radius 2 is 1.93 bits per heavy atom. The minimum absolute atomic E-state index is 0.144. The molecule has 3 amide bonds. The average molecular weight is 381 g/mol. The number of urea groups is 1. The van der Waals surface area contributed by atoms with Gasteiger partial charge in [0.1, 0.15) is 12.4 Å². The van der Waals surface area contributed by atoms with Crippen LogP contribution in [0.3, 0.4) is 0 Å². The molecule has 2 aromatic carbocycles. The summed E-state index contributed by atoms with van der Waals surface area (Å²) >= 11 is 0. The Labute approximate surface area is 166 Å². The van der Waals surface area contributed by atoms with E-state index in [4.69, 9.17) is 10.5 Å². The summed E-state index contributed by atoms with van der Waals surface area (Å²) in [6, 6.07) is 13.1. The zero-order valence-corrected chi connectivity index (χ0v) is 16.4. The largest absolute Gasteiger partial charge is 0.489 e. The number of carbonyl (C=O) groups excluding carboxylic acids is 2. The Bertz CT molecular complexity index is 849. The number of imide groups is 1. The first kappa shape index (κ1) is 21.0. The number of rotatable bonds is 9. The lowest BCUT2D eigenvalue weighted by Gasteiger charge is -2.26. The Morgan fingerprint density at radius 3 is 2.61 bits per heavy atom. The van der Waals surface area contributed by atoms with Crippen LogP contribution in [0.5, 0.6) is 5.75 Å². The van der Waals surface area contributed by atoms with Crippen LogP contribution in [0.1, 0.15) is 23.1 Å². The molecule has 0 bridgehead atoms. The summed E-state index contributed by atoms with van der Waals surface area (Å²) in [5, 5.41) is 2.11. The van der Waals surface area contributed by atoms with Crippen molar-refractivity contribution in [3.05, 3.63) is 71.8 Å². The topological polar surface area (TPSA) is 84.7 Å². The van der Waals surface area contributed by atoms with Gasteiger partial charge in [0.2, 0.25) is 5.91 Å². The van der Waals surface area contributed by atoms with E-state index in [1.54, 1.807) is 6.08 Å². The normalized spacial score (nSPS) is 10.2. The molecule has 0 aliphatic heterocycles. The number of nitrogens with one attached hydrogen (secondary N) is 1. The first-order valence-corrected chi connectivity index (χ1v) is 9.13. The van der Waals surface area contributed by atoms with Crippen molar-refractivity contribution in [1.82, 2.24) is 5.32 Å². The predicted molar refractivity (Wildman–Crippen MR) is 111 cm³/mol. The van der Waals surface area contributed by atoms with Crippen molar-refractivity contribution in [1.29, 1.82) is 0 Å². The number of hydrogen-bond donors (Lipinski definition) is 2. The molecule has 3 N–H and O–H groups in total. The van der Waals surface area contributed by atoms with E-state index in [1.165, 1.54) is 11.1 Å². The predicted octanol–water partition coefficient (Wildman–Crippen LogP) is 3.46. The van der Waals surface area contributed by atoms with E-state index < -0.39 is 11.9 Å². The molecule has 0 fully saturated rings. The number of nitrogens with zero attached hydrogens (tertiary/aromatic N) is 1. The van der Waals surface area contributed by atoms with Crippen molar-refractivity contribution in [2.75, 3.05) is 18.1 Å². The highest BCUT2D eigenvalue weighted by atomic mass is 16.5. The third-order valence-electron chi connectivity index (χ3n) is 4.42. The van der Waals surface area contributed by atoms with Gasteiger partial charge < -0.3 is 15.4 Å². The highest BCUT2D eigenvalue weighted by Gasteiger charge is 2.14. The first-order valence-electron chi connectivity index (χ1n) is 9.13. The lowest BCUT2D eigenvalue weighted by molar-refractivity contribution is -0.119. The SMILES string of the molecule is C=CCOc1ccccc1CN(CCC(=O)NC(N)=O)c1ccc(C)c(C)c1. The van der Waals surface area contributed by atoms with Crippen molar-refractivity contribution >= 4 is 17.6 Å². The van der Waals surface area contributed by atoms with E-state index in [2.05, 4.69) is 42.8 Å². The maximum Gasteiger partial charge on any atom is 0.318 e. The number of aryl methyl sites for hydroxylation is 2. The van der Waals surface area contributed by atoms with Crippen molar-refractivity contribution < 1.29 is 14.3 Å². The van der Waals surface area contributed by atoms with Crippen LogP contribution in [-0.2, 0) is 11.3 Å². The van der Waals surface area contributed by atoms with Gasteiger partial charge in [-0.05, 0) is 43.2 Å². The zero-order chi connectivity index (χ0) is 20.5. The van der Waals surface area contributed by atoms with Crippen molar-refractivity contribution in [3.63, 3.8) is 0 Å². The summed E-state index contributed by atoms with van der Waals surface area (Å²) in [5.74, 6) is 0.371. The second-order valence-electron chi connectivity index (χ2n) is 6.56. The molecule has 0 heterocycles. The summed E-state index contributed by atoms with van der Waals surface area (Å²) in [6.45, 7) is 9.20. The van der Waals surface area contributed by atoms with Gasteiger partial charge in [-0.3, -0.25) is 10.1 Å². The smallest absolute Gasteiger partial charge is 0.318 e. The molecule has 0 saturated heterocycles.